The van der Waals surface area contributed by atoms with Gasteiger partial charge in [-0.25, -0.2) is 0 Å². The lowest BCUT2D eigenvalue weighted by atomic mass is 10.2. The molecule has 0 fully saturated rings. The van der Waals surface area contributed by atoms with E-state index in [4.69, 9.17) is 5.11 Å². The summed E-state index contributed by atoms with van der Waals surface area (Å²) in [7, 11) is 0. The summed E-state index contributed by atoms with van der Waals surface area (Å²) in [5, 5.41) is 23.9. The van der Waals surface area contributed by atoms with E-state index in [0.717, 1.165) is 19.3 Å². The lowest BCUT2D eigenvalue weighted by Crippen LogP contribution is -2.18. The Morgan fingerprint density at radius 3 is 2.64 bits per heavy atom. The van der Waals surface area contributed by atoms with Crippen molar-refractivity contribution in [3.63, 3.8) is 0 Å². The second-order valence-electron chi connectivity index (χ2n) is 3.43. The first-order valence-corrected chi connectivity index (χ1v) is 5.09. The predicted molar refractivity (Wildman–Crippen MR) is 55.9 cm³/mol. The molecule has 0 aromatic heterocycles. The van der Waals surface area contributed by atoms with Crippen LogP contribution in [-0.2, 0) is 0 Å². The van der Waals surface area contributed by atoms with Gasteiger partial charge in [0.2, 0.25) is 6.20 Å². The lowest BCUT2D eigenvalue weighted by molar-refractivity contribution is -0.463. The Balaban J connectivity index is 3.93. The zero-order valence-corrected chi connectivity index (χ0v) is 9.18. The number of azo groups is 1. The van der Waals surface area contributed by atoms with E-state index in [1.165, 1.54) is 6.20 Å². The molecule has 0 amide bonds. The Hall–Kier alpha value is -0.900. The molecule has 0 aromatic carbocycles. The molecule has 0 heterocycles. The highest BCUT2D eigenvalue weighted by atomic mass is 16.5. The summed E-state index contributed by atoms with van der Waals surface area (Å²) in [5.41, 5.74) is 0. The third-order valence-electron chi connectivity index (χ3n) is 1.95. The number of aliphatic hydroxyl groups is 1. The van der Waals surface area contributed by atoms with Crippen molar-refractivity contribution in [1.29, 1.82) is 0 Å². The van der Waals surface area contributed by atoms with Crippen molar-refractivity contribution in [3.8, 4) is 0 Å². The van der Waals surface area contributed by atoms with E-state index in [0.29, 0.717) is 4.86 Å². The molecule has 2 atom stereocenters. The zero-order valence-electron chi connectivity index (χ0n) is 9.18. The number of unbranched alkanes of at least 4 members (excludes halogenated alkanes) is 2. The molecule has 0 aliphatic rings. The van der Waals surface area contributed by atoms with Crippen LogP contribution in [0.2, 0.25) is 0 Å². The van der Waals surface area contributed by atoms with Crippen molar-refractivity contribution in [2.45, 2.75) is 52.2 Å². The van der Waals surface area contributed by atoms with E-state index in [2.05, 4.69) is 12.0 Å². The van der Waals surface area contributed by atoms with Gasteiger partial charge < -0.3 is 10.3 Å². The molecule has 4 heteroatoms. The zero-order chi connectivity index (χ0) is 11.0. The van der Waals surface area contributed by atoms with Gasteiger partial charge in [0, 0.05) is 0 Å². The van der Waals surface area contributed by atoms with Crippen LogP contribution in [0, 0.1) is 5.21 Å². The van der Waals surface area contributed by atoms with Crippen LogP contribution in [0.4, 0.5) is 0 Å². The van der Waals surface area contributed by atoms with Crippen LogP contribution in [0.3, 0.4) is 0 Å². The third-order valence-corrected chi connectivity index (χ3v) is 1.95. The maximum Gasteiger partial charge on any atom is 0.205 e. The van der Waals surface area contributed by atoms with Crippen molar-refractivity contribution < 1.29 is 9.97 Å². The molecule has 0 aromatic rings. The van der Waals surface area contributed by atoms with Crippen molar-refractivity contribution in [3.05, 3.63) is 17.5 Å². The number of aliphatic hydroxyl groups excluding tert-OH is 1. The number of hydrogen-bond acceptors (Lipinski definition) is 3. The van der Waals surface area contributed by atoms with E-state index >= 15 is 0 Å². The van der Waals surface area contributed by atoms with Gasteiger partial charge in [-0.3, -0.25) is 0 Å². The monoisotopic (exact) mass is 200 g/mol. The van der Waals surface area contributed by atoms with Gasteiger partial charge in [0.25, 0.3) is 0 Å². The largest absolute Gasteiger partial charge is 0.595 e. The van der Waals surface area contributed by atoms with Gasteiger partial charge in [-0.05, 0) is 37.9 Å². The highest BCUT2D eigenvalue weighted by Crippen LogP contribution is 1.99. The third kappa shape index (κ3) is 6.60. The van der Waals surface area contributed by atoms with Crippen LogP contribution >= 0.6 is 0 Å². The van der Waals surface area contributed by atoms with Gasteiger partial charge in [0.05, 0.1) is 6.10 Å². The SMILES string of the molecule is CCCCC=C[N+]([O-])=NC(C)C(C)O. The maximum absolute atomic E-state index is 11.1. The number of hydrogen-bond donors (Lipinski definition) is 1. The Kier molecular flexibility index (Phi) is 7.02. The number of hydroxylamine groups is 1. The van der Waals surface area contributed by atoms with E-state index in [9.17, 15) is 5.21 Å². The van der Waals surface area contributed by atoms with Crippen LogP contribution in [0.15, 0.2) is 17.4 Å². The predicted octanol–water partition coefficient (Wildman–Crippen LogP) is 2.42. The summed E-state index contributed by atoms with van der Waals surface area (Å²) < 4.78 is 0. The van der Waals surface area contributed by atoms with Crippen LogP contribution in [0.5, 0.6) is 0 Å². The summed E-state index contributed by atoms with van der Waals surface area (Å²) in [6.07, 6.45) is 5.70. The molecule has 14 heavy (non-hydrogen) atoms. The minimum absolute atomic E-state index is 0.358. The Labute approximate surface area is 85.5 Å². The highest BCUT2D eigenvalue weighted by Gasteiger charge is 2.09. The Morgan fingerprint density at radius 2 is 2.14 bits per heavy atom. The summed E-state index contributed by atoms with van der Waals surface area (Å²) in [4.78, 5) is 0.521. The maximum atomic E-state index is 11.1. The smallest absolute Gasteiger partial charge is 0.205 e. The molecule has 0 radical (unpaired) electrons. The topological polar surface area (TPSA) is 58.7 Å². The van der Waals surface area contributed by atoms with Gasteiger partial charge in [-0.1, -0.05) is 18.2 Å². The fraction of sp³-hybridized carbons (Fsp3) is 0.800. The summed E-state index contributed by atoms with van der Waals surface area (Å²) in [6.45, 7) is 5.42. The van der Waals surface area contributed by atoms with Crippen molar-refractivity contribution in [2.75, 3.05) is 0 Å². The van der Waals surface area contributed by atoms with Crippen LogP contribution in [0.1, 0.15) is 40.0 Å². The molecule has 0 rings (SSSR count). The second-order valence-corrected chi connectivity index (χ2v) is 3.43. The average molecular weight is 200 g/mol. The minimum Gasteiger partial charge on any atom is -0.595 e. The molecule has 0 aliphatic carbocycles. The van der Waals surface area contributed by atoms with E-state index in [1.807, 2.05) is 0 Å². The molecule has 0 bridgehead atoms. The molecule has 0 aliphatic heterocycles. The van der Waals surface area contributed by atoms with E-state index < -0.39 is 6.10 Å². The van der Waals surface area contributed by atoms with Crippen molar-refractivity contribution in [2.24, 2.45) is 5.11 Å². The van der Waals surface area contributed by atoms with E-state index in [1.54, 1.807) is 19.9 Å². The summed E-state index contributed by atoms with van der Waals surface area (Å²) >= 11 is 0. The first-order valence-electron chi connectivity index (χ1n) is 5.09. The minimum atomic E-state index is -0.588. The fourth-order valence-corrected chi connectivity index (χ4v) is 0.801. The molecule has 0 saturated heterocycles. The summed E-state index contributed by atoms with van der Waals surface area (Å²) in [5.74, 6) is 0. The first-order chi connectivity index (χ1) is 6.57. The Bertz CT molecular complexity index is 200. The van der Waals surface area contributed by atoms with Crippen LogP contribution in [0.25, 0.3) is 0 Å². The van der Waals surface area contributed by atoms with Crippen molar-refractivity contribution in [1.82, 2.24) is 0 Å². The molecule has 82 valence electrons. The van der Waals surface area contributed by atoms with E-state index in [-0.39, 0.29) is 6.04 Å². The molecular weight excluding hydrogens is 180 g/mol. The van der Waals surface area contributed by atoms with Crippen LogP contribution in [-0.4, -0.2) is 22.1 Å². The highest BCUT2D eigenvalue weighted by molar-refractivity contribution is 4.71. The number of allylic oxidation sites excluding steroid dienone is 1. The average Bonchev–Trinajstić information content (AvgIpc) is 2.12. The fourth-order valence-electron chi connectivity index (χ4n) is 0.801. The normalized spacial score (nSPS) is 17.3. The van der Waals surface area contributed by atoms with Gasteiger partial charge in [-0.2, -0.15) is 0 Å². The molecule has 0 spiro atoms. The molecule has 0 saturated carbocycles. The number of nitrogens with zero attached hydrogens (tertiary/aromatic N) is 2. The van der Waals surface area contributed by atoms with Gasteiger partial charge in [0.15, 0.2) is 0 Å². The van der Waals surface area contributed by atoms with Gasteiger partial charge in [-0.15, -0.1) is 0 Å². The van der Waals surface area contributed by atoms with Gasteiger partial charge in [0.1, 0.15) is 6.04 Å². The molecule has 1 N–H and O–H groups in total. The lowest BCUT2D eigenvalue weighted by Gasteiger charge is -2.05. The standard InChI is InChI=1S/C10H20N2O2/c1-4-5-6-7-8-12(14)11-9(2)10(3)13/h7-10,13H,4-6H2,1-3H3. The Morgan fingerprint density at radius 1 is 1.50 bits per heavy atom. The molecule has 2 unspecified atom stereocenters. The molecule has 4 nitrogen and oxygen atoms in total. The molecular formula is C10H20N2O2. The number of rotatable bonds is 6. The van der Waals surface area contributed by atoms with Crippen LogP contribution < -0.4 is 0 Å². The summed E-state index contributed by atoms with van der Waals surface area (Å²) in [6, 6.07) is -0.358. The second kappa shape index (κ2) is 7.50. The first kappa shape index (κ1) is 13.1. The van der Waals surface area contributed by atoms with Crippen molar-refractivity contribution >= 4 is 0 Å². The quantitative estimate of drug-likeness (QED) is 0.310. The van der Waals surface area contributed by atoms with Gasteiger partial charge >= 0.3 is 0 Å².